The van der Waals surface area contributed by atoms with E-state index in [9.17, 15) is 22.8 Å². The maximum Gasteiger partial charge on any atom is 0.416 e. The summed E-state index contributed by atoms with van der Waals surface area (Å²) in [7, 11) is 0. The number of carbonyl (C=O) groups excluding carboxylic acids is 1. The predicted octanol–water partition coefficient (Wildman–Crippen LogP) is 6.58. The third-order valence-electron chi connectivity index (χ3n) is 6.70. The molecule has 1 atom stereocenters. The van der Waals surface area contributed by atoms with Crippen molar-refractivity contribution in [3.8, 4) is 0 Å². The average Bonchev–Trinajstić information content (AvgIpc) is 3.33. The van der Waals surface area contributed by atoms with E-state index in [2.05, 4.69) is 17.3 Å². The largest absolute Gasteiger partial charge is 0.416 e. The van der Waals surface area contributed by atoms with Gasteiger partial charge in [-0.1, -0.05) is 63.7 Å². The van der Waals surface area contributed by atoms with E-state index in [4.69, 9.17) is 4.98 Å². The van der Waals surface area contributed by atoms with Crippen LogP contribution in [0.25, 0.3) is 11.0 Å². The average molecular weight is 586 g/mol. The van der Waals surface area contributed by atoms with Gasteiger partial charge in [0.1, 0.15) is 5.39 Å². The van der Waals surface area contributed by atoms with Crippen molar-refractivity contribution < 1.29 is 18.0 Å². The van der Waals surface area contributed by atoms with Crippen LogP contribution in [0.4, 0.5) is 18.9 Å². The lowest BCUT2D eigenvalue weighted by Crippen LogP contribution is -2.29. The Morgan fingerprint density at radius 2 is 1.68 bits per heavy atom. The number of anilines is 1. The van der Waals surface area contributed by atoms with Crippen molar-refractivity contribution in [1.82, 2.24) is 19.3 Å². The first-order chi connectivity index (χ1) is 19.5. The Labute approximate surface area is 241 Å². The maximum atomic E-state index is 13.7. The number of alkyl halides is 3. The molecule has 1 N–H and O–H groups in total. The van der Waals surface area contributed by atoms with Crippen LogP contribution in [0.3, 0.4) is 0 Å². The fourth-order valence-corrected chi connectivity index (χ4v) is 5.42. The molecular formula is C30H34F3N5O2S. The number of aryl methyl sites for hydroxylation is 2. The van der Waals surface area contributed by atoms with Crippen molar-refractivity contribution in [3.05, 3.63) is 81.8 Å². The summed E-state index contributed by atoms with van der Waals surface area (Å²) in [6.45, 7) is 8.79. The molecule has 0 aliphatic carbocycles. The summed E-state index contributed by atoms with van der Waals surface area (Å²) < 4.78 is 42.2. The molecule has 1 amide bonds. The molecule has 0 aliphatic heterocycles. The molecule has 4 aromatic rings. The summed E-state index contributed by atoms with van der Waals surface area (Å²) in [6, 6.07) is 12.6. The Balaban J connectivity index is 1.65. The number of nitrogens with one attached hydrogen (secondary N) is 1. The Kier molecular flexibility index (Phi) is 9.57. The van der Waals surface area contributed by atoms with Gasteiger partial charge in [0.25, 0.3) is 5.56 Å². The number of nitrogens with zero attached hydrogens (tertiary/aromatic N) is 4. The Bertz CT molecular complexity index is 1540. The minimum Gasteiger partial charge on any atom is -0.325 e. The molecule has 4 rings (SSSR count). The van der Waals surface area contributed by atoms with Gasteiger partial charge in [0.15, 0.2) is 10.8 Å². The van der Waals surface area contributed by atoms with Gasteiger partial charge >= 0.3 is 6.18 Å². The molecule has 0 bridgehead atoms. The number of halogens is 3. The van der Waals surface area contributed by atoms with E-state index >= 15 is 0 Å². The van der Waals surface area contributed by atoms with Crippen LogP contribution in [0.15, 0.2) is 64.7 Å². The van der Waals surface area contributed by atoms with E-state index in [1.807, 2.05) is 45.0 Å². The van der Waals surface area contributed by atoms with Gasteiger partial charge in [-0.2, -0.15) is 18.3 Å². The highest BCUT2D eigenvalue weighted by Gasteiger charge is 2.30. The molecule has 2 aromatic carbocycles. The SMILES string of the molecule is CCc1ccc(NC(=O)C(CC)Sc2nc3c(cnn3CC(C)C)c(=O)n2CCc2ccc(C(F)(F)F)cc2)cc1. The van der Waals surface area contributed by atoms with Gasteiger partial charge in [0, 0.05) is 18.8 Å². The van der Waals surface area contributed by atoms with Crippen LogP contribution in [0, 0.1) is 5.92 Å². The molecule has 41 heavy (non-hydrogen) atoms. The normalized spacial score (nSPS) is 12.7. The zero-order valence-electron chi connectivity index (χ0n) is 23.5. The lowest BCUT2D eigenvalue weighted by molar-refractivity contribution is -0.137. The van der Waals surface area contributed by atoms with Gasteiger partial charge in [-0.25, -0.2) is 9.67 Å². The quantitative estimate of drug-likeness (QED) is 0.159. The molecule has 0 radical (unpaired) electrons. The highest BCUT2D eigenvalue weighted by atomic mass is 32.2. The molecule has 0 saturated carbocycles. The molecule has 11 heteroatoms. The molecule has 0 spiro atoms. The summed E-state index contributed by atoms with van der Waals surface area (Å²) in [5.74, 6) is 0.0624. The van der Waals surface area contributed by atoms with E-state index in [0.717, 1.165) is 24.1 Å². The zero-order chi connectivity index (χ0) is 29.7. The second-order valence-corrected chi connectivity index (χ2v) is 11.5. The maximum absolute atomic E-state index is 13.7. The van der Waals surface area contributed by atoms with E-state index in [0.29, 0.717) is 46.8 Å². The van der Waals surface area contributed by atoms with Gasteiger partial charge in [-0.3, -0.25) is 14.2 Å². The van der Waals surface area contributed by atoms with Crippen LogP contribution < -0.4 is 10.9 Å². The standard InChI is InChI=1S/C30H34F3N5O2S/c1-5-20-9-13-23(14-10-20)35-27(39)25(6-2)41-29-36-26-24(17-34-38(26)18-19(3)4)28(40)37(29)16-15-21-7-11-22(12-8-21)30(31,32)33/h7-14,17,19,25H,5-6,15-16,18H2,1-4H3,(H,35,39). The summed E-state index contributed by atoms with van der Waals surface area (Å²) in [5, 5.41) is 7.52. The smallest absolute Gasteiger partial charge is 0.325 e. The number of rotatable bonds is 11. The second-order valence-electron chi connectivity index (χ2n) is 10.3. The number of hydrogen-bond donors (Lipinski definition) is 1. The number of carbonyl (C=O) groups is 1. The van der Waals surface area contributed by atoms with Gasteiger partial charge in [0.2, 0.25) is 5.91 Å². The topological polar surface area (TPSA) is 81.8 Å². The number of amides is 1. The summed E-state index contributed by atoms with van der Waals surface area (Å²) in [5.41, 5.74) is 1.92. The molecular weight excluding hydrogens is 551 g/mol. The van der Waals surface area contributed by atoms with Crippen molar-refractivity contribution >= 4 is 34.4 Å². The number of fused-ring (bicyclic) bond motifs is 1. The van der Waals surface area contributed by atoms with Crippen molar-refractivity contribution in [2.24, 2.45) is 5.92 Å². The first-order valence-corrected chi connectivity index (χ1v) is 14.6. The van der Waals surface area contributed by atoms with Crippen LogP contribution in [-0.4, -0.2) is 30.5 Å². The zero-order valence-corrected chi connectivity index (χ0v) is 24.4. The third-order valence-corrected chi connectivity index (χ3v) is 8.06. The molecule has 7 nitrogen and oxygen atoms in total. The molecule has 1 unspecified atom stereocenters. The lowest BCUT2D eigenvalue weighted by atomic mass is 10.1. The van der Waals surface area contributed by atoms with Gasteiger partial charge in [-0.15, -0.1) is 0 Å². The lowest BCUT2D eigenvalue weighted by Gasteiger charge is -2.18. The summed E-state index contributed by atoms with van der Waals surface area (Å²) >= 11 is 1.20. The molecule has 218 valence electrons. The predicted molar refractivity (Wildman–Crippen MR) is 156 cm³/mol. The van der Waals surface area contributed by atoms with Crippen molar-refractivity contribution in [2.75, 3.05) is 5.32 Å². The van der Waals surface area contributed by atoms with Crippen molar-refractivity contribution in [3.63, 3.8) is 0 Å². The van der Waals surface area contributed by atoms with Gasteiger partial charge in [-0.05, 0) is 60.6 Å². The van der Waals surface area contributed by atoms with E-state index in [1.54, 1.807) is 4.68 Å². The van der Waals surface area contributed by atoms with Crippen LogP contribution in [0.2, 0.25) is 0 Å². The minimum atomic E-state index is -4.42. The van der Waals surface area contributed by atoms with Crippen LogP contribution >= 0.6 is 11.8 Å². The highest BCUT2D eigenvalue weighted by molar-refractivity contribution is 8.00. The fraction of sp³-hybridized carbons (Fsp3) is 0.400. The summed E-state index contributed by atoms with van der Waals surface area (Å²) in [6.07, 6.45) is -1.22. The fourth-order valence-electron chi connectivity index (χ4n) is 4.39. The van der Waals surface area contributed by atoms with E-state index < -0.39 is 17.0 Å². The molecule has 0 saturated heterocycles. The van der Waals surface area contributed by atoms with Gasteiger partial charge < -0.3 is 5.32 Å². The second kappa shape index (κ2) is 12.9. The first kappa shape index (κ1) is 30.4. The highest BCUT2D eigenvalue weighted by Crippen LogP contribution is 2.30. The van der Waals surface area contributed by atoms with Crippen molar-refractivity contribution in [1.29, 1.82) is 0 Å². The number of hydrogen-bond acceptors (Lipinski definition) is 5. The van der Waals surface area contributed by atoms with Crippen LogP contribution in [0.5, 0.6) is 0 Å². The minimum absolute atomic E-state index is 0.182. The van der Waals surface area contributed by atoms with Crippen LogP contribution in [0.1, 0.15) is 50.8 Å². The van der Waals surface area contributed by atoms with E-state index in [-0.39, 0.29) is 23.9 Å². The number of benzene rings is 2. The third kappa shape index (κ3) is 7.38. The molecule has 0 fully saturated rings. The molecule has 2 heterocycles. The van der Waals surface area contributed by atoms with Crippen molar-refractivity contribution in [2.45, 2.75) is 76.6 Å². The monoisotopic (exact) mass is 585 g/mol. The Morgan fingerprint density at radius 1 is 1.02 bits per heavy atom. The molecule has 2 aromatic heterocycles. The van der Waals surface area contributed by atoms with E-state index in [1.165, 1.54) is 34.7 Å². The molecule has 0 aliphatic rings. The number of thioether (sulfide) groups is 1. The Hall–Kier alpha value is -3.60. The number of aromatic nitrogens is 4. The van der Waals surface area contributed by atoms with Crippen LogP contribution in [-0.2, 0) is 36.9 Å². The Morgan fingerprint density at radius 3 is 2.27 bits per heavy atom. The summed E-state index contributed by atoms with van der Waals surface area (Å²) in [4.78, 5) is 31.7. The first-order valence-electron chi connectivity index (χ1n) is 13.7. The van der Waals surface area contributed by atoms with Gasteiger partial charge in [0.05, 0.1) is 17.0 Å².